The molecule has 0 radical (unpaired) electrons. The van der Waals surface area contributed by atoms with Crippen LogP contribution in [0.3, 0.4) is 0 Å². The van der Waals surface area contributed by atoms with E-state index < -0.39 is 0 Å². The molecular weight excluding hydrogens is 1310 g/mol. The van der Waals surface area contributed by atoms with Crippen molar-refractivity contribution in [3.63, 3.8) is 0 Å². The summed E-state index contributed by atoms with van der Waals surface area (Å²) in [4.78, 5) is 19.0. The van der Waals surface area contributed by atoms with Crippen LogP contribution in [0.15, 0.2) is 302 Å². The molecule has 12 aromatic rings. The number of thiophene rings is 1. The number of hydrogen-bond donors (Lipinski definition) is 8. The highest BCUT2D eigenvalue weighted by Crippen LogP contribution is 2.31. The number of nitrogens with zero attached hydrogens (tertiary/aromatic N) is 6. The largest absolute Gasteiger partial charge is 0.473 e. The molecule has 0 aliphatic heterocycles. The Bertz CT molecular complexity index is 2760. The minimum Gasteiger partial charge on any atom is -0.473 e. The average molecular weight is 1450 g/mol. The Morgan fingerprint density at radius 3 is 0.816 bits per heavy atom. The van der Waals surface area contributed by atoms with Gasteiger partial charge in [-0.1, -0.05) is 307 Å². The van der Waals surface area contributed by atoms with Crippen LogP contribution in [0.1, 0.15) is 160 Å². The maximum atomic E-state index is 7.00. The molecule has 12 rings (SSSR count). The molecule has 0 saturated carbocycles. The summed E-state index contributed by atoms with van der Waals surface area (Å²) < 4.78 is 6.58. The molecule has 103 heavy (non-hydrogen) atoms. The lowest BCUT2D eigenvalue weighted by molar-refractivity contribution is 0.399. The van der Waals surface area contributed by atoms with Crippen LogP contribution in [0.5, 0.6) is 0 Å². The van der Waals surface area contributed by atoms with Gasteiger partial charge in [-0.05, 0) is 87.6 Å². The highest BCUT2D eigenvalue weighted by atomic mass is 32.1. The molecule has 0 aliphatic rings. The third-order valence-corrected chi connectivity index (χ3v) is 11.2. The summed E-state index contributed by atoms with van der Waals surface area (Å²) in [6.07, 6.45) is 15.1. The number of rotatable bonds is 4. The number of aliphatic hydroxyl groups excluding tert-OH is 8. The van der Waals surface area contributed by atoms with Crippen LogP contribution < -0.4 is 0 Å². The van der Waals surface area contributed by atoms with Gasteiger partial charge in [0.25, 0.3) is 0 Å². The number of furan rings is 1. The van der Waals surface area contributed by atoms with E-state index in [9.17, 15) is 0 Å². The van der Waals surface area contributed by atoms with Crippen molar-refractivity contribution in [1.29, 1.82) is 0 Å². The number of hydrogen-bond acceptors (Lipinski definition) is 15. The van der Waals surface area contributed by atoms with E-state index in [0.717, 1.165) is 67.9 Å². The monoisotopic (exact) mass is 1450 g/mol. The Labute approximate surface area is 631 Å². The quantitative estimate of drug-likeness (QED) is 0.0765. The van der Waals surface area contributed by atoms with Crippen molar-refractivity contribution in [2.75, 3.05) is 56.9 Å². The normalized spacial score (nSPS) is 7.70. The number of fused-ring (bicyclic) bond motifs is 2. The first-order chi connectivity index (χ1) is 50.9. The van der Waals surface area contributed by atoms with Crippen molar-refractivity contribution in [2.24, 2.45) is 7.05 Å². The maximum Gasteiger partial charge on any atom is 0.119 e. The summed E-state index contributed by atoms with van der Waals surface area (Å²) in [7, 11) is 10.0. The van der Waals surface area contributed by atoms with Crippen LogP contribution in [0, 0.1) is 0 Å². The zero-order valence-corrected chi connectivity index (χ0v) is 69.3. The second-order valence-corrected chi connectivity index (χ2v) is 16.8. The first-order valence-electron chi connectivity index (χ1n) is 34.9. The minimum absolute atomic E-state index is 0.0858. The predicted molar refractivity (Wildman–Crippen MR) is 453 cm³/mol. The summed E-state index contributed by atoms with van der Waals surface area (Å²) in [5.41, 5.74) is 7.67. The van der Waals surface area contributed by atoms with E-state index in [2.05, 4.69) is 190 Å². The molecule has 0 amide bonds. The van der Waals surface area contributed by atoms with Gasteiger partial charge in [0.2, 0.25) is 0 Å². The Morgan fingerprint density at radius 1 is 0.330 bits per heavy atom. The summed E-state index contributed by atoms with van der Waals surface area (Å²) in [6.45, 7) is 38.8. The Kier molecular flexibility index (Phi) is 134. The molecule has 16 heteroatoms. The molecule has 0 unspecified atom stereocenters. The molecule has 0 aliphatic carbocycles. The van der Waals surface area contributed by atoms with E-state index >= 15 is 0 Å². The van der Waals surface area contributed by atoms with Crippen molar-refractivity contribution in [2.45, 2.75) is 143 Å². The molecule has 0 fully saturated rings. The summed E-state index contributed by atoms with van der Waals surface area (Å²) >= 11 is 1.71. The second kappa shape index (κ2) is 114. The third-order valence-electron chi connectivity index (χ3n) is 10.6. The van der Waals surface area contributed by atoms with Crippen molar-refractivity contribution in [1.82, 2.24) is 29.5 Å². The van der Waals surface area contributed by atoms with Crippen molar-refractivity contribution < 1.29 is 45.3 Å². The smallest absolute Gasteiger partial charge is 0.119 e. The number of para-hydroxylation sites is 2. The SMILES string of the molecule is CC.CC.CC.CC.CC.CC.CC.CC.CC(C)(c1ccccc1)c1ccccc1.CC(c1ccccc1)c1ccccc1.CO.CO.CO.CO.CO.CO.CO.CO.Cn1cccc1.c1ccc2nc3ccccc3cc2c1.c1ccncc1.c1ccoc1.c1ccsc1.c1ncncn1. The molecule has 0 saturated heterocycles. The van der Waals surface area contributed by atoms with Gasteiger partial charge in [0, 0.05) is 111 Å². The number of aryl methyl sites for hydroxylation is 1. The first kappa shape index (κ1) is 121. The molecule has 15 nitrogen and oxygen atoms in total. The van der Waals surface area contributed by atoms with E-state index in [1.54, 1.807) is 36.3 Å². The number of benzene rings is 6. The van der Waals surface area contributed by atoms with Crippen LogP contribution in [-0.2, 0) is 12.5 Å². The van der Waals surface area contributed by atoms with Gasteiger partial charge in [0.15, 0.2) is 0 Å². The van der Waals surface area contributed by atoms with E-state index in [1.807, 2.05) is 237 Å². The minimum atomic E-state index is 0.0858. The number of aliphatic hydroxyl groups is 8. The lowest BCUT2D eigenvalue weighted by Gasteiger charge is -2.25. The highest BCUT2D eigenvalue weighted by molar-refractivity contribution is 7.07. The van der Waals surface area contributed by atoms with Gasteiger partial charge in [-0.25, -0.2) is 19.9 Å². The second-order valence-electron chi connectivity index (χ2n) is 16.0. The van der Waals surface area contributed by atoms with Gasteiger partial charge in [-0.3, -0.25) is 4.98 Å². The van der Waals surface area contributed by atoms with Crippen LogP contribution in [0.25, 0.3) is 21.8 Å². The van der Waals surface area contributed by atoms with Crippen molar-refractivity contribution in [3.8, 4) is 0 Å². The highest BCUT2D eigenvalue weighted by Gasteiger charge is 2.22. The van der Waals surface area contributed by atoms with Gasteiger partial charge < -0.3 is 49.8 Å². The zero-order chi connectivity index (χ0) is 81.9. The first-order valence-corrected chi connectivity index (χ1v) is 35.8. The van der Waals surface area contributed by atoms with E-state index in [0.29, 0.717) is 5.92 Å². The number of pyridine rings is 2. The molecule has 580 valence electrons. The molecule has 6 aromatic heterocycles. The fourth-order valence-electron chi connectivity index (χ4n) is 6.66. The van der Waals surface area contributed by atoms with Crippen LogP contribution in [0.2, 0.25) is 0 Å². The predicted octanol–water partition coefficient (Wildman–Crippen LogP) is 21.3. The van der Waals surface area contributed by atoms with E-state index in [4.69, 9.17) is 40.9 Å². The fraction of sp³-hybridized carbons (Fsp3) is 0.345. The zero-order valence-electron chi connectivity index (χ0n) is 68.4. The van der Waals surface area contributed by atoms with Crippen LogP contribution in [0.4, 0.5) is 0 Å². The van der Waals surface area contributed by atoms with Crippen LogP contribution in [-0.4, -0.2) is 127 Å². The van der Waals surface area contributed by atoms with Gasteiger partial charge >= 0.3 is 0 Å². The molecule has 8 N–H and O–H groups in total. The van der Waals surface area contributed by atoms with E-state index in [1.165, 1.54) is 52.0 Å². The molecule has 0 atom stereocenters. The Hall–Kier alpha value is -8.91. The van der Waals surface area contributed by atoms with Crippen molar-refractivity contribution in [3.05, 3.63) is 320 Å². The lowest BCUT2D eigenvalue weighted by atomic mass is 9.78. The topological polar surface area (TPSA) is 244 Å². The number of aromatic nitrogens is 6. The lowest BCUT2D eigenvalue weighted by Crippen LogP contribution is -2.18. The molecular formula is C87H142N6O9S. The molecule has 6 heterocycles. The van der Waals surface area contributed by atoms with E-state index in [-0.39, 0.29) is 5.41 Å². The van der Waals surface area contributed by atoms with Gasteiger partial charge in [0.1, 0.15) is 19.0 Å². The maximum absolute atomic E-state index is 7.00. The molecule has 0 bridgehead atoms. The van der Waals surface area contributed by atoms with Crippen LogP contribution >= 0.6 is 11.3 Å². The Morgan fingerprint density at radius 2 is 0.602 bits per heavy atom. The fourth-order valence-corrected chi connectivity index (χ4v) is 7.12. The summed E-state index contributed by atoms with van der Waals surface area (Å²) in [6, 6.07) is 78.4. The summed E-state index contributed by atoms with van der Waals surface area (Å²) in [5.74, 6) is 0.484. The third kappa shape index (κ3) is 74.1. The van der Waals surface area contributed by atoms with Gasteiger partial charge in [-0.2, -0.15) is 11.3 Å². The van der Waals surface area contributed by atoms with Gasteiger partial charge in [0.05, 0.1) is 23.6 Å². The molecule has 0 spiro atoms. The molecule has 6 aromatic carbocycles. The standard InChI is InChI=1S/C15H16.C14H14.C13H9N.C5H7N.C5H5N.C4H4O.C4H4S.C3H3N3.8C2H6.8CH4O/c1-15(2,13-9-5-3-6-10-13)14-11-7-4-8-12-14;1-12(13-8-4-2-5-9-13)14-10-6-3-7-11-14;1-3-7-12-10(5-1)9-11-6-2-4-8-13(11)14-12;1-6-4-2-3-5-6;1-2-4-6-5-3-1;2*1-2-4-5-3-1;1-4-2-6-3-5-1;16*1-2/h3-12H,1-2H3;2-12H,1H3;1-9H;2-5H,1H3;1-5H;2*1-4H;1-3H;8*1-2H3;8*2H,1H3. The average Bonchev–Trinajstić information content (AvgIpc) is 1.76. The van der Waals surface area contributed by atoms with Crippen molar-refractivity contribution >= 4 is 33.1 Å². The Balaban J connectivity index is -0.0000000888. The van der Waals surface area contributed by atoms with Gasteiger partial charge in [-0.15, -0.1) is 0 Å². The summed E-state index contributed by atoms with van der Waals surface area (Å²) in [5, 5.41) is 62.5.